The highest BCUT2D eigenvalue weighted by atomic mass is 32.2. The number of nitrogens with zero attached hydrogens (tertiary/aromatic N) is 1. The first-order valence-electron chi connectivity index (χ1n) is 8.57. The fourth-order valence-corrected chi connectivity index (χ4v) is 3.95. The zero-order valence-corrected chi connectivity index (χ0v) is 15.8. The average Bonchev–Trinajstić information content (AvgIpc) is 3.08. The minimum Gasteiger partial charge on any atom is -0.486 e. The van der Waals surface area contributed by atoms with E-state index in [0.29, 0.717) is 17.1 Å². The number of benzene rings is 3. The lowest BCUT2D eigenvalue weighted by atomic mass is 10.1. The van der Waals surface area contributed by atoms with Crippen LogP contribution >= 0.6 is 0 Å². The third-order valence-electron chi connectivity index (χ3n) is 4.30. The number of rotatable bonds is 5. The Balaban J connectivity index is 1.64. The second kappa shape index (κ2) is 7.09. The van der Waals surface area contributed by atoms with Crippen LogP contribution in [0.1, 0.15) is 5.82 Å². The second-order valence-electron chi connectivity index (χ2n) is 6.43. The van der Waals surface area contributed by atoms with Crippen molar-refractivity contribution in [3.05, 3.63) is 78.4 Å². The molecule has 1 N–H and O–H groups in total. The molecule has 0 bridgehead atoms. The maximum atomic E-state index is 13.2. The molecule has 0 aliphatic rings. The predicted octanol–water partition coefficient (Wildman–Crippen LogP) is 4.35. The van der Waals surface area contributed by atoms with Crippen LogP contribution in [0, 0.1) is 5.82 Å². The number of H-pyrrole nitrogens is 1. The van der Waals surface area contributed by atoms with Gasteiger partial charge in [0.05, 0.1) is 15.9 Å². The van der Waals surface area contributed by atoms with Crippen LogP contribution in [0.5, 0.6) is 5.75 Å². The van der Waals surface area contributed by atoms with E-state index in [1.165, 1.54) is 18.4 Å². The van der Waals surface area contributed by atoms with Crippen molar-refractivity contribution < 1.29 is 17.5 Å². The number of ether oxygens (including phenoxy) is 1. The number of fused-ring (bicyclic) bond motifs is 1. The molecule has 28 heavy (non-hydrogen) atoms. The van der Waals surface area contributed by atoms with Gasteiger partial charge in [-0.15, -0.1) is 0 Å². The van der Waals surface area contributed by atoms with Crippen molar-refractivity contribution >= 4 is 20.9 Å². The smallest absolute Gasteiger partial charge is 0.176 e. The minimum atomic E-state index is -3.35. The summed E-state index contributed by atoms with van der Waals surface area (Å²) in [5.41, 5.74) is 2.91. The lowest BCUT2D eigenvalue weighted by Gasteiger charge is -2.07. The molecule has 3 aromatic carbocycles. The highest BCUT2D eigenvalue weighted by molar-refractivity contribution is 7.90. The fraction of sp³-hybridized carbons (Fsp3) is 0.0952. The van der Waals surface area contributed by atoms with E-state index in [1.54, 1.807) is 36.4 Å². The van der Waals surface area contributed by atoms with Crippen LogP contribution in [-0.2, 0) is 16.4 Å². The van der Waals surface area contributed by atoms with Gasteiger partial charge in [0, 0.05) is 17.9 Å². The fourth-order valence-electron chi connectivity index (χ4n) is 3.04. The van der Waals surface area contributed by atoms with Gasteiger partial charge in [-0.3, -0.25) is 0 Å². The minimum absolute atomic E-state index is 0.160. The topological polar surface area (TPSA) is 72.1 Å². The van der Waals surface area contributed by atoms with Gasteiger partial charge in [0.15, 0.2) is 9.84 Å². The first-order chi connectivity index (χ1) is 13.4. The maximum absolute atomic E-state index is 13.2. The Morgan fingerprint density at radius 1 is 1.04 bits per heavy atom. The molecule has 0 saturated heterocycles. The lowest BCUT2D eigenvalue weighted by Crippen LogP contribution is -1.99. The lowest BCUT2D eigenvalue weighted by molar-refractivity contribution is 0.296. The highest BCUT2D eigenvalue weighted by Crippen LogP contribution is 2.29. The van der Waals surface area contributed by atoms with Crippen LogP contribution in [-0.4, -0.2) is 24.6 Å². The molecule has 0 spiro atoms. The predicted molar refractivity (Wildman–Crippen MR) is 105 cm³/mol. The second-order valence-corrected chi connectivity index (χ2v) is 8.41. The molecule has 1 aromatic heterocycles. The summed E-state index contributed by atoms with van der Waals surface area (Å²) in [7, 11) is -3.35. The largest absolute Gasteiger partial charge is 0.486 e. The summed E-state index contributed by atoms with van der Waals surface area (Å²) in [6.45, 7) is 0.160. The molecule has 4 rings (SSSR count). The van der Waals surface area contributed by atoms with E-state index in [1.807, 2.05) is 18.2 Å². The summed E-state index contributed by atoms with van der Waals surface area (Å²) in [4.78, 5) is 7.91. The summed E-state index contributed by atoms with van der Waals surface area (Å²) < 4.78 is 43.0. The Hall–Kier alpha value is -3.19. The summed E-state index contributed by atoms with van der Waals surface area (Å²) in [5.74, 6) is 0.646. The molecule has 0 aliphatic carbocycles. The Morgan fingerprint density at radius 3 is 2.64 bits per heavy atom. The Morgan fingerprint density at radius 2 is 1.86 bits per heavy atom. The quantitative estimate of drug-likeness (QED) is 0.544. The molecular weight excluding hydrogens is 379 g/mol. The monoisotopic (exact) mass is 396 g/mol. The van der Waals surface area contributed by atoms with Crippen LogP contribution in [0.25, 0.3) is 22.2 Å². The number of sulfone groups is 1. The van der Waals surface area contributed by atoms with Gasteiger partial charge >= 0.3 is 0 Å². The number of nitrogens with one attached hydrogen (secondary N) is 1. The van der Waals surface area contributed by atoms with E-state index in [4.69, 9.17) is 4.74 Å². The van der Waals surface area contributed by atoms with Crippen LogP contribution < -0.4 is 4.74 Å². The standard InChI is InChI=1S/C21H17FN2O3S/c1-28(25,26)20-8-3-2-7-17(20)14-9-10-18-19(11-14)24-21(23-18)13-27-16-6-4-5-15(22)12-16/h2-12H,13H2,1H3,(H,23,24). The van der Waals surface area contributed by atoms with Gasteiger partial charge in [0.1, 0.15) is 24.0 Å². The Kier molecular flexibility index (Phi) is 4.60. The molecule has 1 heterocycles. The SMILES string of the molecule is CS(=O)(=O)c1ccccc1-c1ccc2nc(COc3cccc(F)c3)[nH]c2c1. The third-order valence-corrected chi connectivity index (χ3v) is 5.46. The van der Waals surface area contributed by atoms with Gasteiger partial charge in [-0.05, 0) is 35.9 Å². The number of hydrogen-bond acceptors (Lipinski definition) is 4. The molecule has 0 unspecified atom stereocenters. The van der Waals surface area contributed by atoms with Crippen LogP contribution in [0.4, 0.5) is 4.39 Å². The van der Waals surface area contributed by atoms with E-state index >= 15 is 0 Å². The first-order valence-corrected chi connectivity index (χ1v) is 10.5. The molecule has 0 radical (unpaired) electrons. The average molecular weight is 396 g/mol. The van der Waals surface area contributed by atoms with Gasteiger partial charge in [-0.2, -0.15) is 0 Å². The van der Waals surface area contributed by atoms with Crippen molar-refractivity contribution in [3.8, 4) is 16.9 Å². The number of aromatic amines is 1. The molecule has 5 nitrogen and oxygen atoms in total. The Bertz CT molecular complexity index is 1270. The van der Waals surface area contributed by atoms with Crippen LogP contribution in [0.3, 0.4) is 0 Å². The molecule has 0 fully saturated rings. The molecule has 0 aliphatic heterocycles. The zero-order valence-electron chi connectivity index (χ0n) is 15.0. The molecule has 0 atom stereocenters. The van der Waals surface area contributed by atoms with Gasteiger partial charge in [0.25, 0.3) is 0 Å². The summed E-state index contributed by atoms with van der Waals surface area (Å²) in [6.07, 6.45) is 1.20. The maximum Gasteiger partial charge on any atom is 0.176 e. The number of imidazole rings is 1. The van der Waals surface area contributed by atoms with Crippen molar-refractivity contribution in [1.29, 1.82) is 0 Å². The molecular formula is C21H17FN2O3S. The van der Waals surface area contributed by atoms with Gasteiger partial charge in [-0.1, -0.05) is 30.3 Å². The third kappa shape index (κ3) is 3.75. The zero-order chi connectivity index (χ0) is 19.7. The van der Waals surface area contributed by atoms with Crippen molar-refractivity contribution in [2.24, 2.45) is 0 Å². The van der Waals surface area contributed by atoms with Gasteiger partial charge in [-0.25, -0.2) is 17.8 Å². The molecule has 0 amide bonds. The van der Waals surface area contributed by atoms with E-state index < -0.39 is 9.84 Å². The number of aromatic nitrogens is 2. The van der Waals surface area contributed by atoms with E-state index in [2.05, 4.69) is 9.97 Å². The first kappa shape index (κ1) is 18.2. The van der Waals surface area contributed by atoms with Crippen molar-refractivity contribution in [1.82, 2.24) is 9.97 Å². The summed E-state index contributed by atoms with van der Waals surface area (Å²) in [5, 5.41) is 0. The normalized spacial score (nSPS) is 11.6. The van der Waals surface area contributed by atoms with Crippen LogP contribution in [0.15, 0.2) is 71.6 Å². The highest BCUT2D eigenvalue weighted by Gasteiger charge is 2.15. The number of hydrogen-bond donors (Lipinski definition) is 1. The summed E-state index contributed by atoms with van der Waals surface area (Å²) >= 11 is 0. The number of halogens is 1. The van der Waals surface area contributed by atoms with E-state index in [0.717, 1.165) is 16.6 Å². The van der Waals surface area contributed by atoms with E-state index in [9.17, 15) is 12.8 Å². The Labute approximate surface area is 161 Å². The van der Waals surface area contributed by atoms with Crippen molar-refractivity contribution in [2.45, 2.75) is 11.5 Å². The molecule has 4 aromatic rings. The van der Waals surface area contributed by atoms with Gasteiger partial charge in [0.2, 0.25) is 0 Å². The summed E-state index contributed by atoms with van der Waals surface area (Å²) in [6, 6.07) is 18.3. The van der Waals surface area contributed by atoms with Crippen molar-refractivity contribution in [2.75, 3.05) is 6.26 Å². The van der Waals surface area contributed by atoms with Crippen molar-refractivity contribution in [3.63, 3.8) is 0 Å². The van der Waals surface area contributed by atoms with Gasteiger partial charge < -0.3 is 9.72 Å². The van der Waals surface area contributed by atoms with E-state index in [-0.39, 0.29) is 17.3 Å². The van der Waals surface area contributed by atoms with Crippen LogP contribution in [0.2, 0.25) is 0 Å². The molecule has 142 valence electrons. The molecule has 7 heteroatoms. The molecule has 0 saturated carbocycles.